The standard InChI is InChI=1S/C12H21N3OS2/c1-4-5-6-7-15-12-10(17-3)8(13)9(18-12)11(16)14-2/h15H,4-7,13H2,1-3H3,(H,14,16). The summed E-state index contributed by atoms with van der Waals surface area (Å²) in [6.07, 6.45) is 5.53. The number of nitrogens with two attached hydrogens (primary N) is 1. The average molecular weight is 287 g/mol. The largest absolute Gasteiger partial charge is 0.396 e. The molecule has 0 aliphatic heterocycles. The third-order valence-corrected chi connectivity index (χ3v) is 4.73. The van der Waals surface area contributed by atoms with Crippen molar-refractivity contribution < 1.29 is 4.79 Å². The van der Waals surface area contributed by atoms with Gasteiger partial charge in [-0.05, 0) is 12.7 Å². The first-order valence-corrected chi connectivity index (χ1v) is 8.12. The molecule has 0 spiro atoms. The second-order valence-electron chi connectivity index (χ2n) is 3.92. The first-order valence-electron chi connectivity index (χ1n) is 6.07. The van der Waals surface area contributed by atoms with E-state index >= 15 is 0 Å². The van der Waals surface area contributed by atoms with E-state index in [0.717, 1.165) is 22.9 Å². The van der Waals surface area contributed by atoms with Crippen LogP contribution in [-0.4, -0.2) is 25.8 Å². The molecule has 0 bridgehead atoms. The molecule has 0 aromatic carbocycles. The van der Waals surface area contributed by atoms with E-state index in [0.29, 0.717) is 10.6 Å². The van der Waals surface area contributed by atoms with Crippen molar-refractivity contribution in [3.8, 4) is 0 Å². The Bertz CT molecular complexity index is 404. The van der Waals surface area contributed by atoms with Gasteiger partial charge in [-0.2, -0.15) is 0 Å². The average Bonchev–Trinajstić information content (AvgIpc) is 2.70. The maximum absolute atomic E-state index is 11.7. The molecule has 0 radical (unpaired) electrons. The monoisotopic (exact) mass is 287 g/mol. The van der Waals surface area contributed by atoms with Crippen molar-refractivity contribution in [2.24, 2.45) is 0 Å². The van der Waals surface area contributed by atoms with E-state index in [1.54, 1.807) is 18.8 Å². The zero-order valence-corrected chi connectivity index (χ0v) is 12.8. The van der Waals surface area contributed by atoms with Gasteiger partial charge in [0.15, 0.2) is 0 Å². The van der Waals surface area contributed by atoms with Crippen LogP contribution in [0.15, 0.2) is 4.90 Å². The molecule has 6 heteroatoms. The van der Waals surface area contributed by atoms with Gasteiger partial charge >= 0.3 is 0 Å². The molecule has 0 unspecified atom stereocenters. The first kappa shape index (κ1) is 15.2. The number of nitrogen functional groups attached to an aromatic ring is 1. The molecular formula is C12H21N3OS2. The normalized spacial score (nSPS) is 10.4. The van der Waals surface area contributed by atoms with E-state index in [9.17, 15) is 4.79 Å². The molecule has 1 heterocycles. The van der Waals surface area contributed by atoms with E-state index in [-0.39, 0.29) is 5.91 Å². The third kappa shape index (κ3) is 3.55. The highest BCUT2D eigenvalue weighted by atomic mass is 32.2. The van der Waals surface area contributed by atoms with Crippen molar-refractivity contribution in [3.05, 3.63) is 4.88 Å². The van der Waals surface area contributed by atoms with Gasteiger partial charge in [0.1, 0.15) is 9.88 Å². The second kappa shape index (κ2) is 7.53. The topological polar surface area (TPSA) is 67.2 Å². The number of thioether (sulfide) groups is 1. The summed E-state index contributed by atoms with van der Waals surface area (Å²) in [6.45, 7) is 3.11. The fourth-order valence-electron chi connectivity index (χ4n) is 1.61. The molecule has 0 atom stereocenters. The Morgan fingerprint density at radius 2 is 2.17 bits per heavy atom. The fourth-order valence-corrected chi connectivity index (χ4v) is 3.61. The minimum Gasteiger partial charge on any atom is -0.396 e. The molecule has 102 valence electrons. The summed E-state index contributed by atoms with van der Waals surface area (Å²) in [6, 6.07) is 0. The second-order valence-corrected chi connectivity index (χ2v) is 5.76. The summed E-state index contributed by atoms with van der Waals surface area (Å²) in [7, 11) is 1.62. The van der Waals surface area contributed by atoms with Gasteiger partial charge in [0, 0.05) is 13.6 Å². The van der Waals surface area contributed by atoms with E-state index < -0.39 is 0 Å². The number of hydrogen-bond donors (Lipinski definition) is 3. The highest BCUT2D eigenvalue weighted by Crippen LogP contribution is 2.41. The van der Waals surface area contributed by atoms with Crippen molar-refractivity contribution in [2.75, 3.05) is 30.9 Å². The van der Waals surface area contributed by atoms with E-state index in [1.165, 1.54) is 24.2 Å². The van der Waals surface area contributed by atoms with Crippen LogP contribution in [0.25, 0.3) is 0 Å². The molecule has 1 aromatic heterocycles. The predicted molar refractivity (Wildman–Crippen MR) is 81.9 cm³/mol. The fraction of sp³-hybridized carbons (Fsp3) is 0.583. The van der Waals surface area contributed by atoms with Crippen molar-refractivity contribution in [1.82, 2.24) is 5.32 Å². The van der Waals surface area contributed by atoms with Gasteiger partial charge in [-0.15, -0.1) is 23.1 Å². The van der Waals surface area contributed by atoms with Crippen LogP contribution in [0.2, 0.25) is 0 Å². The summed E-state index contributed by atoms with van der Waals surface area (Å²) >= 11 is 3.01. The zero-order valence-electron chi connectivity index (χ0n) is 11.1. The SMILES string of the molecule is CCCCCNc1sc(C(=O)NC)c(N)c1SC. The molecule has 1 amide bonds. The highest BCUT2D eigenvalue weighted by molar-refractivity contribution is 7.99. The van der Waals surface area contributed by atoms with Gasteiger partial charge < -0.3 is 16.4 Å². The Hall–Kier alpha value is -0.880. The molecule has 0 aliphatic rings. The van der Waals surface area contributed by atoms with Gasteiger partial charge in [0.05, 0.1) is 10.6 Å². The van der Waals surface area contributed by atoms with Crippen LogP contribution >= 0.6 is 23.1 Å². The number of carbonyl (C=O) groups is 1. The molecule has 1 rings (SSSR count). The van der Waals surface area contributed by atoms with Crippen LogP contribution in [0.3, 0.4) is 0 Å². The van der Waals surface area contributed by atoms with Crippen molar-refractivity contribution in [3.63, 3.8) is 0 Å². The Morgan fingerprint density at radius 3 is 2.72 bits per heavy atom. The highest BCUT2D eigenvalue weighted by Gasteiger charge is 2.19. The number of amides is 1. The van der Waals surface area contributed by atoms with Crippen molar-refractivity contribution >= 4 is 39.7 Å². The number of nitrogens with one attached hydrogen (secondary N) is 2. The summed E-state index contributed by atoms with van der Waals surface area (Å²) in [5, 5.41) is 7.00. The number of unbranched alkanes of at least 4 members (excludes halogenated alkanes) is 2. The van der Waals surface area contributed by atoms with E-state index in [2.05, 4.69) is 17.6 Å². The number of hydrogen-bond acceptors (Lipinski definition) is 5. The zero-order chi connectivity index (χ0) is 13.5. The lowest BCUT2D eigenvalue weighted by Gasteiger charge is -2.05. The quantitative estimate of drug-likeness (QED) is 0.533. The smallest absolute Gasteiger partial charge is 0.263 e. The summed E-state index contributed by atoms with van der Waals surface area (Å²) in [5.41, 5.74) is 6.60. The van der Waals surface area contributed by atoms with Crippen LogP contribution in [0.1, 0.15) is 35.9 Å². The Labute approximate surface area is 117 Å². The number of rotatable bonds is 7. The molecule has 1 aromatic rings. The van der Waals surface area contributed by atoms with E-state index in [1.807, 2.05) is 6.26 Å². The molecule has 4 N–H and O–H groups in total. The lowest BCUT2D eigenvalue weighted by Crippen LogP contribution is -2.17. The molecule has 0 fully saturated rings. The van der Waals surface area contributed by atoms with E-state index in [4.69, 9.17) is 5.73 Å². The lowest BCUT2D eigenvalue weighted by molar-refractivity contribution is 0.0968. The maximum Gasteiger partial charge on any atom is 0.263 e. The van der Waals surface area contributed by atoms with Crippen LogP contribution in [0.4, 0.5) is 10.7 Å². The molecule has 0 aliphatic carbocycles. The van der Waals surface area contributed by atoms with Crippen LogP contribution in [-0.2, 0) is 0 Å². The van der Waals surface area contributed by atoms with Gasteiger partial charge in [0.25, 0.3) is 5.91 Å². The maximum atomic E-state index is 11.7. The Kier molecular flexibility index (Phi) is 6.35. The first-order chi connectivity index (χ1) is 8.65. The molecule has 0 saturated carbocycles. The molecule has 4 nitrogen and oxygen atoms in total. The minimum absolute atomic E-state index is 0.116. The van der Waals surface area contributed by atoms with Gasteiger partial charge in [-0.1, -0.05) is 19.8 Å². The van der Waals surface area contributed by atoms with Gasteiger partial charge in [-0.25, -0.2) is 0 Å². The van der Waals surface area contributed by atoms with Crippen LogP contribution < -0.4 is 16.4 Å². The summed E-state index contributed by atoms with van der Waals surface area (Å²) < 4.78 is 0. The Morgan fingerprint density at radius 1 is 1.44 bits per heavy atom. The number of thiophene rings is 1. The minimum atomic E-state index is -0.116. The number of anilines is 2. The predicted octanol–water partition coefficient (Wildman–Crippen LogP) is 3.01. The van der Waals surface area contributed by atoms with Crippen LogP contribution in [0.5, 0.6) is 0 Å². The molecule has 18 heavy (non-hydrogen) atoms. The third-order valence-electron chi connectivity index (χ3n) is 2.60. The lowest BCUT2D eigenvalue weighted by atomic mass is 10.2. The summed E-state index contributed by atoms with van der Waals surface area (Å²) in [4.78, 5) is 13.3. The number of carbonyl (C=O) groups excluding carboxylic acids is 1. The van der Waals surface area contributed by atoms with Gasteiger partial charge in [-0.3, -0.25) is 4.79 Å². The molecule has 0 saturated heterocycles. The Balaban J connectivity index is 2.80. The van der Waals surface area contributed by atoms with Crippen molar-refractivity contribution in [2.45, 2.75) is 31.1 Å². The van der Waals surface area contributed by atoms with Crippen molar-refractivity contribution in [1.29, 1.82) is 0 Å². The summed E-state index contributed by atoms with van der Waals surface area (Å²) in [5.74, 6) is -0.116. The van der Waals surface area contributed by atoms with Gasteiger partial charge in [0.2, 0.25) is 0 Å². The van der Waals surface area contributed by atoms with Crippen LogP contribution in [0, 0.1) is 0 Å². The molecular weight excluding hydrogens is 266 g/mol.